The van der Waals surface area contributed by atoms with Crippen LogP contribution in [0.25, 0.3) is 10.9 Å². The molecule has 0 saturated carbocycles. The van der Waals surface area contributed by atoms with Gasteiger partial charge in [-0.1, -0.05) is 28.1 Å². The molecular weight excluding hydrogens is 268 g/mol. The van der Waals surface area contributed by atoms with Crippen LogP contribution in [0, 0.1) is 0 Å². The van der Waals surface area contributed by atoms with Gasteiger partial charge in [0.1, 0.15) is 0 Å². The van der Waals surface area contributed by atoms with Gasteiger partial charge in [-0.25, -0.2) is 0 Å². The molecule has 2 aromatic rings. The molecule has 0 atom stereocenters. The minimum Gasteiger partial charge on any atom is -0.395 e. The summed E-state index contributed by atoms with van der Waals surface area (Å²) in [6.45, 7) is 1.48. The van der Waals surface area contributed by atoms with Crippen molar-refractivity contribution in [1.82, 2.24) is 10.3 Å². The molecular formula is C12H13BrN2O. The lowest BCUT2D eigenvalue weighted by molar-refractivity contribution is 0.292. The predicted molar refractivity (Wildman–Crippen MR) is 68.2 cm³/mol. The number of nitrogens with zero attached hydrogens (tertiary/aromatic N) is 1. The summed E-state index contributed by atoms with van der Waals surface area (Å²) in [6, 6.07) is 8.05. The first-order valence-corrected chi connectivity index (χ1v) is 5.96. The van der Waals surface area contributed by atoms with E-state index in [-0.39, 0.29) is 6.61 Å². The lowest BCUT2D eigenvalue weighted by atomic mass is 10.1. The SMILES string of the molecule is OCCNCc1ccc(Br)c2cccnc12. The van der Waals surface area contributed by atoms with E-state index in [4.69, 9.17) is 5.11 Å². The largest absolute Gasteiger partial charge is 0.395 e. The molecule has 84 valence electrons. The van der Waals surface area contributed by atoms with E-state index in [1.807, 2.05) is 24.3 Å². The van der Waals surface area contributed by atoms with Gasteiger partial charge in [-0.2, -0.15) is 0 Å². The molecule has 0 fully saturated rings. The molecule has 0 aliphatic rings. The van der Waals surface area contributed by atoms with Crippen molar-refractivity contribution in [2.24, 2.45) is 0 Å². The Labute approximate surface area is 103 Å². The molecule has 0 unspecified atom stereocenters. The second kappa shape index (κ2) is 5.39. The van der Waals surface area contributed by atoms with E-state index in [1.165, 1.54) is 0 Å². The molecule has 3 nitrogen and oxygen atoms in total. The molecule has 1 aromatic heterocycles. The van der Waals surface area contributed by atoms with Crippen LogP contribution < -0.4 is 5.32 Å². The van der Waals surface area contributed by atoms with Gasteiger partial charge in [-0.15, -0.1) is 0 Å². The van der Waals surface area contributed by atoms with Crippen LogP contribution in [0.1, 0.15) is 5.56 Å². The van der Waals surface area contributed by atoms with Crippen molar-refractivity contribution in [3.8, 4) is 0 Å². The van der Waals surface area contributed by atoms with Crippen LogP contribution in [0.3, 0.4) is 0 Å². The topological polar surface area (TPSA) is 45.1 Å². The molecule has 0 spiro atoms. The second-order valence-corrected chi connectivity index (χ2v) is 4.36. The van der Waals surface area contributed by atoms with Gasteiger partial charge in [0, 0.05) is 29.1 Å². The number of halogens is 1. The molecule has 0 saturated heterocycles. The summed E-state index contributed by atoms with van der Waals surface area (Å²) in [4.78, 5) is 4.39. The normalized spacial score (nSPS) is 10.9. The number of hydrogen-bond donors (Lipinski definition) is 2. The molecule has 0 radical (unpaired) electrons. The van der Waals surface area contributed by atoms with Gasteiger partial charge >= 0.3 is 0 Å². The monoisotopic (exact) mass is 280 g/mol. The summed E-state index contributed by atoms with van der Waals surface area (Å²) < 4.78 is 1.06. The number of pyridine rings is 1. The molecule has 0 amide bonds. The summed E-state index contributed by atoms with van der Waals surface area (Å²) in [7, 11) is 0. The van der Waals surface area contributed by atoms with Crippen LogP contribution in [0.5, 0.6) is 0 Å². The van der Waals surface area contributed by atoms with Crippen LogP contribution in [-0.4, -0.2) is 23.2 Å². The molecule has 2 rings (SSSR count). The van der Waals surface area contributed by atoms with Gasteiger partial charge < -0.3 is 10.4 Å². The first-order valence-electron chi connectivity index (χ1n) is 5.16. The van der Waals surface area contributed by atoms with Crippen LogP contribution in [0.2, 0.25) is 0 Å². The van der Waals surface area contributed by atoms with E-state index in [9.17, 15) is 0 Å². The Morgan fingerprint density at radius 3 is 3.00 bits per heavy atom. The highest BCUT2D eigenvalue weighted by Gasteiger charge is 2.04. The van der Waals surface area contributed by atoms with Crippen molar-refractivity contribution in [2.75, 3.05) is 13.2 Å². The van der Waals surface area contributed by atoms with Gasteiger partial charge in [-0.05, 0) is 17.7 Å². The zero-order chi connectivity index (χ0) is 11.4. The number of benzene rings is 1. The molecule has 0 bridgehead atoms. The molecule has 16 heavy (non-hydrogen) atoms. The Hall–Kier alpha value is -0.970. The molecule has 4 heteroatoms. The van der Waals surface area contributed by atoms with Crippen molar-refractivity contribution in [3.05, 3.63) is 40.5 Å². The number of aliphatic hydroxyl groups is 1. The van der Waals surface area contributed by atoms with Crippen molar-refractivity contribution in [3.63, 3.8) is 0 Å². The Balaban J connectivity index is 2.35. The van der Waals surface area contributed by atoms with E-state index < -0.39 is 0 Å². The van der Waals surface area contributed by atoms with Crippen molar-refractivity contribution in [1.29, 1.82) is 0 Å². The quantitative estimate of drug-likeness (QED) is 0.843. The molecule has 0 aliphatic carbocycles. The highest BCUT2D eigenvalue weighted by Crippen LogP contribution is 2.24. The van der Waals surface area contributed by atoms with E-state index in [1.54, 1.807) is 6.20 Å². The molecule has 2 N–H and O–H groups in total. The lowest BCUT2D eigenvalue weighted by Gasteiger charge is -2.07. The first-order chi connectivity index (χ1) is 7.83. The fourth-order valence-corrected chi connectivity index (χ4v) is 2.09. The third-order valence-electron chi connectivity index (χ3n) is 2.40. The summed E-state index contributed by atoms with van der Waals surface area (Å²) in [5.41, 5.74) is 2.15. The van der Waals surface area contributed by atoms with Crippen LogP contribution >= 0.6 is 15.9 Å². The fraction of sp³-hybridized carbons (Fsp3) is 0.250. The van der Waals surface area contributed by atoms with Gasteiger partial charge in [0.25, 0.3) is 0 Å². The van der Waals surface area contributed by atoms with E-state index in [2.05, 4.69) is 26.2 Å². The fourth-order valence-electron chi connectivity index (χ4n) is 1.64. The number of aliphatic hydroxyl groups excluding tert-OH is 1. The van der Waals surface area contributed by atoms with E-state index >= 15 is 0 Å². The first kappa shape index (κ1) is 11.5. The Kier molecular flexibility index (Phi) is 3.88. The number of hydrogen-bond acceptors (Lipinski definition) is 3. The minimum atomic E-state index is 0.155. The maximum absolute atomic E-state index is 8.72. The third kappa shape index (κ3) is 2.40. The van der Waals surface area contributed by atoms with Gasteiger partial charge in [-0.3, -0.25) is 4.98 Å². The van der Waals surface area contributed by atoms with E-state index in [0.29, 0.717) is 6.54 Å². The summed E-state index contributed by atoms with van der Waals surface area (Å²) >= 11 is 3.51. The standard InChI is InChI=1S/C12H13BrN2O/c13-11-4-3-9(8-14-6-7-16)12-10(11)2-1-5-15-12/h1-5,14,16H,6-8H2. The van der Waals surface area contributed by atoms with Crippen molar-refractivity contribution >= 4 is 26.8 Å². The molecule has 1 aromatic carbocycles. The van der Waals surface area contributed by atoms with Gasteiger partial charge in [0.15, 0.2) is 0 Å². The van der Waals surface area contributed by atoms with Crippen molar-refractivity contribution in [2.45, 2.75) is 6.54 Å². The average Bonchev–Trinajstić information content (AvgIpc) is 2.33. The van der Waals surface area contributed by atoms with Gasteiger partial charge in [0.2, 0.25) is 0 Å². The number of aromatic nitrogens is 1. The number of nitrogens with one attached hydrogen (secondary N) is 1. The number of rotatable bonds is 4. The average molecular weight is 281 g/mol. The Morgan fingerprint density at radius 1 is 1.31 bits per heavy atom. The summed E-state index contributed by atoms with van der Waals surface area (Å²) in [5, 5.41) is 13.0. The summed E-state index contributed by atoms with van der Waals surface area (Å²) in [6.07, 6.45) is 1.80. The highest BCUT2D eigenvalue weighted by molar-refractivity contribution is 9.10. The van der Waals surface area contributed by atoms with Gasteiger partial charge in [0.05, 0.1) is 12.1 Å². The third-order valence-corrected chi connectivity index (χ3v) is 3.10. The maximum atomic E-state index is 8.72. The minimum absolute atomic E-state index is 0.155. The summed E-state index contributed by atoms with van der Waals surface area (Å²) in [5.74, 6) is 0. The Bertz CT molecular complexity index is 487. The highest BCUT2D eigenvalue weighted by atomic mass is 79.9. The zero-order valence-corrected chi connectivity index (χ0v) is 10.4. The predicted octanol–water partition coefficient (Wildman–Crippen LogP) is 2.08. The smallest absolute Gasteiger partial charge is 0.0758 e. The lowest BCUT2D eigenvalue weighted by Crippen LogP contribution is -2.17. The van der Waals surface area contributed by atoms with Crippen molar-refractivity contribution < 1.29 is 5.11 Å². The second-order valence-electron chi connectivity index (χ2n) is 3.51. The number of fused-ring (bicyclic) bond motifs is 1. The maximum Gasteiger partial charge on any atom is 0.0758 e. The molecule has 1 heterocycles. The van der Waals surface area contributed by atoms with Crippen LogP contribution in [-0.2, 0) is 6.54 Å². The van der Waals surface area contributed by atoms with E-state index in [0.717, 1.165) is 27.5 Å². The van der Waals surface area contributed by atoms with Crippen LogP contribution in [0.15, 0.2) is 34.9 Å². The molecule has 0 aliphatic heterocycles. The van der Waals surface area contributed by atoms with Crippen LogP contribution in [0.4, 0.5) is 0 Å². The Morgan fingerprint density at radius 2 is 2.19 bits per heavy atom. The zero-order valence-electron chi connectivity index (χ0n) is 8.78.